The van der Waals surface area contributed by atoms with Crippen molar-refractivity contribution in [1.82, 2.24) is 0 Å². The second-order valence-electron chi connectivity index (χ2n) is 3.51. The van der Waals surface area contributed by atoms with Crippen molar-refractivity contribution in [2.24, 2.45) is 0 Å². The normalized spacial score (nSPS) is 10.9. The first-order valence-electron chi connectivity index (χ1n) is 4.81. The summed E-state index contributed by atoms with van der Waals surface area (Å²) >= 11 is 0. The number of hydrogen-bond donors (Lipinski definition) is 2. The first-order valence-corrected chi connectivity index (χ1v) is 6.46. The van der Waals surface area contributed by atoms with Gasteiger partial charge in [-0.05, 0) is 24.6 Å². The Bertz CT molecular complexity index is 549. The van der Waals surface area contributed by atoms with E-state index in [4.69, 9.17) is 5.11 Å². The predicted octanol–water partition coefficient (Wildman–Crippen LogP) is 1.62. The molecule has 0 aliphatic rings. The Balaban J connectivity index is 3.05. The van der Waals surface area contributed by atoms with Gasteiger partial charge in [0.25, 0.3) is 0 Å². The second-order valence-corrected chi connectivity index (χ2v) is 5.27. The van der Waals surface area contributed by atoms with Crippen molar-refractivity contribution in [2.75, 3.05) is 10.5 Å². The highest BCUT2D eigenvalue weighted by atomic mass is 32.2. The molecular formula is C11H13NO4S. The molecule has 1 rings (SSSR count). The molecule has 6 heteroatoms. The van der Waals surface area contributed by atoms with Gasteiger partial charge in [-0.2, -0.15) is 0 Å². The zero-order valence-electron chi connectivity index (χ0n) is 9.30. The highest BCUT2D eigenvalue weighted by molar-refractivity contribution is 7.92. The largest absolute Gasteiger partial charge is 0.478 e. The molecular weight excluding hydrogens is 242 g/mol. The smallest absolute Gasteiger partial charge is 0.336 e. The second kappa shape index (κ2) is 5.01. The summed E-state index contributed by atoms with van der Waals surface area (Å²) in [5.41, 5.74) is 0.878. The Hall–Kier alpha value is -1.82. The number of rotatable bonds is 5. The number of aryl methyl sites for hydroxylation is 1. The van der Waals surface area contributed by atoms with Crippen LogP contribution in [-0.4, -0.2) is 25.2 Å². The summed E-state index contributed by atoms with van der Waals surface area (Å²) in [6.07, 6.45) is 1.26. The Labute approximate surface area is 99.8 Å². The van der Waals surface area contributed by atoms with E-state index in [2.05, 4.69) is 11.3 Å². The third-order valence-electron chi connectivity index (χ3n) is 2.08. The molecule has 92 valence electrons. The van der Waals surface area contributed by atoms with Gasteiger partial charge >= 0.3 is 5.97 Å². The van der Waals surface area contributed by atoms with Gasteiger partial charge < -0.3 is 5.11 Å². The van der Waals surface area contributed by atoms with Crippen LogP contribution in [0.4, 0.5) is 5.69 Å². The molecule has 0 radical (unpaired) electrons. The number of carbonyl (C=O) groups is 1. The Morgan fingerprint density at radius 1 is 1.53 bits per heavy atom. The molecule has 0 fully saturated rings. The number of benzene rings is 1. The van der Waals surface area contributed by atoms with E-state index in [9.17, 15) is 13.2 Å². The summed E-state index contributed by atoms with van der Waals surface area (Å²) < 4.78 is 25.2. The molecule has 0 aliphatic heterocycles. The topological polar surface area (TPSA) is 83.5 Å². The van der Waals surface area contributed by atoms with Crippen LogP contribution in [0.1, 0.15) is 15.9 Å². The van der Waals surface area contributed by atoms with Gasteiger partial charge in [-0.25, -0.2) is 13.2 Å². The quantitative estimate of drug-likeness (QED) is 0.783. The highest BCUT2D eigenvalue weighted by Gasteiger charge is 2.11. The van der Waals surface area contributed by atoms with E-state index in [0.717, 1.165) is 0 Å². The van der Waals surface area contributed by atoms with Gasteiger partial charge in [-0.3, -0.25) is 4.72 Å². The Morgan fingerprint density at radius 2 is 2.18 bits per heavy atom. The summed E-state index contributed by atoms with van der Waals surface area (Å²) in [6, 6.07) is 4.36. The SMILES string of the molecule is C=CCS(=O)(=O)Nc1ccc(C)c(C(=O)O)c1. The van der Waals surface area contributed by atoms with E-state index in [1.807, 2.05) is 0 Å². The van der Waals surface area contributed by atoms with Crippen LogP contribution < -0.4 is 4.72 Å². The molecule has 0 spiro atoms. The molecule has 0 aliphatic carbocycles. The van der Waals surface area contributed by atoms with Gasteiger partial charge in [-0.1, -0.05) is 12.1 Å². The maximum Gasteiger partial charge on any atom is 0.336 e. The van der Waals surface area contributed by atoms with Crippen LogP contribution >= 0.6 is 0 Å². The maximum atomic E-state index is 11.4. The minimum atomic E-state index is -3.50. The van der Waals surface area contributed by atoms with Gasteiger partial charge in [0, 0.05) is 5.69 Å². The van der Waals surface area contributed by atoms with Crippen molar-refractivity contribution in [2.45, 2.75) is 6.92 Å². The minimum Gasteiger partial charge on any atom is -0.478 e. The van der Waals surface area contributed by atoms with Crippen LogP contribution in [0.2, 0.25) is 0 Å². The highest BCUT2D eigenvalue weighted by Crippen LogP contribution is 2.16. The fraction of sp³-hybridized carbons (Fsp3) is 0.182. The summed E-state index contributed by atoms with van der Waals surface area (Å²) in [6.45, 7) is 4.98. The third kappa shape index (κ3) is 3.60. The molecule has 0 heterocycles. The molecule has 0 amide bonds. The zero-order valence-corrected chi connectivity index (χ0v) is 10.1. The number of hydrogen-bond acceptors (Lipinski definition) is 3. The monoisotopic (exact) mass is 255 g/mol. The lowest BCUT2D eigenvalue weighted by molar-refractivity contribution is 0.0696. The van der Waals surface area contributed by atoms with Gasteiger partial charge in [0.1, 0.15) is 0 Å². The van der Waals surface area contributed by atoms with Crippen LogP contribution in [0, 0.1) is 6.92 Å². The Kier molecular flexibility index (Phi) is 3.90. The van der Waals surface area contributed by atoms with E-state index < -0.39 is 16.0 Å². The molecule has 0 saturated carbocycles. The minimum absolute atomic E-state index is 0.0730. The summed E-state index contributed by atoms with van der Waals surface area (Å²) in [7, 11) is -3.50. The summed E-state index contributed by atoms with van der Waals surface area (Å²) in [5.74, 6) is -1.31. The third-order valence-corrected chi connectivity index (χ3v) is 3.30. The van der Waals surface area contributed by atoms with Crippen LogP contribution in [-0.2, 0) is 10.0 Å². The van der Waals surface area contributed by atoms with E-state index in [0.29, 0.717) is 5.56 Å². The number of carboxylic acid groups (broad SMARTS) is 1. The average Bonchev–Trinajstić information content (AvgIpc) is 2.20. The fourth-order valence-electron chi connectivity index (χ4n) is 1.29. The fourth-order valence-corrected chi connectivity index (χ4v) is 2.17. The first kappa shape index (κ1) is 13.2. The van der Waals surface area contributed by atoms with Crippen molar-refractivity contribution in [1.29, 1.82) is 0 Å². The molecule has 1 aromatic carbocycles. The lowest BCUT2D eigenvalue weighted by atomic mass is 10.1. The lowest BCUT2D eigenvalue weighted by Crippen LogP contribution is -2.15. The van der Waals surface area contributed by atoms with E-state index in [1.165, 1.54) is 18.2 Å². The van der Waals surface area contributed by atoms with Gasteiger partial charge in [0.05, 0.1) is 11.3 Å². The Morgan fingerprint density at radius 3 is 2.71 bits per heavy atom. The molecule has 2 N–H and O–H groups in total. The number of aromatic carboxylic acids is 1. The van der Waals surface area contributed by atoms with Crippen LogP contribution in [0.5, 0.6) is 0 Å². The molecule has 0 bridgehead atoms. The molecule has 0 unspecified atom stereocenters. The van der Waals surface area contributed by atoms with Crippen molar-refractivity contribution in [3.63, 3.8) is 0 Å². The predicted molar refractivity (Wildman–Crippen MR) is 65.7 cm³/mol. The summed E-state index contributed by atoms with van der Waals surface area (Å²) in [4.78, 5) is 10.9. The zero-order chi connectivity index (χ0) is 13.1. The molecule has 0 saturated heterocycles. The first-order chi connectivity index (χ1) is 7.85. The number of nitrogens with one attached hydrogen (secondary N) is 1. The number of anilines is 1. The number of sulfonamides is 1. The van der Waals surface area contributed by atoms with Crippen LogP contribution in [0.15, 0.2) is 30.9 Å². The van der Waals surface area contributed by atoms with Crippen molar-refractivity contribution in [3.8, 4) is 0 Å². The number of carboxylic acids is 1. The molecule has 0 aromatic heterocycles. The van der Waals surface area contributed by atoms with Crippen molar-refractivity contribution >= 4 is 21.7 Å². The molecule has 1 aromatic rings. The van der Waals surface area contributed by atoms with Gasteiger partial charge in [0.15, 0.2) is 0 Å². The summed E-state index contributed by atoms with van der Waals surface area (Å²) in [5, 5.41) is 8.90. The van der Waals surface area contributed by atoms with Crippen molar-refractivity contribution in [3.05, 3.63) is 42.0 Å². The molecule has 0 atom stereocenters. The molecule has 17 heavy (non-hydrogen) atoms. The van der Waals surface area contributed by atoms with Crippen LogP contribution in [0.3, 0.4) is 0 Å². The van der Waals surface area contributed by atoms with E-state index >= 15 is 0 Å². The standard InChI is InChI=1S/C11H13NO4S/c1-3-6-17(15,16)12-9-5-4-8(2)10(7-9)11(13)14/h3-5,7,12H,1,6H2,2H3,(H,13,14). The van der Waals surface area contributed by atoms with Crippen molar-refractivity contribution < 1.29 is 18.3 Å². The average molecular weight is 255 g/mol. The van der Waals surface area contributed by atoms with Gasteiger partial charge in [-0.15, -0.1) is 6.58 Å². The van der Waals surface area contributed by atoms with Gasteiger partial charge in [0.2, 0.25) is 10.0 Å². The lowest BCUT2D eigenvalue weighted by Gasteiger charge is -2.08. The maximum absolute atomic E-state index is 11.4. The van der Waals surface area contributed by atoms with E-state index in [-0.39, 0.29) is 17.0 Å². The van der Waals surface area contributed by atoms with Crippen LogP contribution in [0.25, 0.3) is 0 Å². The molecule has 5 nitrogen and oxygen atoms in total. The van der Waals surface area contributed by atoms with E-state index in [1.54, 1.807) is 13.0 Å².